The maximum absolute atomic E-state index is 11.9. The zero-order valence-corrected chi connectivity index (χ0v) is 9.62. The van der Waals surface area contributed by atoms with Gasteiger partial charge in [0.2, 0.25) is 0 Å². The van der Waals surface area contributed by atoms with Gasteiger partial charge in [0.25, 0.3) is 5.56 Å². The van der Waals surface area contributed by atoms with E-state index < -0.39 is 0 Å². The lowest BCUT2D eigenvalue weighted by Gasteiger charge is -2.07. The van der Waals surface area contributed by atoms with Crippen molar-refractivity contribution >= 4 is 0 Å². The standard InChI is InChI=1S/C12H20N2O/c1-3-4-5-8-14-9-6-7-11(10-13-2)12(14)15/h6-7,9,13H,3-5,8,10H2,1-2H3. The minimum Gasteiger partial charge on any atom is -0.315 e. The number of nitrogens with one attached hydrogen (secondary N) is 1. The SMILES string of the molecule is CCCCCn1cccc(CNC)c1=O. The summed E-state index contributed by atoms with van der Waals surface area (Å²) in [4.78, 5) is 11.9. The summed E-state index contributed by atoms with van der Waals surface area (Å²) < 4.78 is 1.81. The summed E-state index contributed by atoms with van der Waals surface area (Å²) in [6, 6.07) is 3.83. The first-order valence-electron chi connectivity index (χ1n) is 5.62. The van der Waals surface area contributed by atoms with Crippen molar-refractivity contribution in [2.24, 2.45) is 0 Å². The molecule has 1 aromatic rings. The van der Waals surface area contributed by atoms with E-state index >= 15 is 0 Å². The third-order valence-electron chi connectivity index (χ3n) is 2.47. The Hall–Kier alpha value is -1.09. The van der Waals surface area contributed by atoms with Crippen molar-refractivity contribution in [3.05, 3.63) is 34.2 Å². The van der Waals surface area contributed by atoms with E-state index in [9.17, 15) is 4.79 Å². The molecule has 0 saturated heterocycles. The van der Waals surface area contributed by atoms with Crippen LogP contribution in [0.15, 0.2) is 23.1 Å². The average Bonchev–Trinajstić information content (AvgIpc) is 2.24. The summed E-state index contributed by atoms with van der Waals surface area (Å²) in [6.45, 7) is 3.65. The van der Waals surface area contributed by atoms with E-state index in [1.807, 2.05) is 29.9 Å². The first-order chi connectivity index (χ1) is 7.29. The second-order valence-electron chi connectivity index (χ2n) is 3.77. The minimum atomic E-state index is 0.142. The first-order valence-corrected chi connectivity index (χ1v) is 5.62. The molecule has 0 amide bonds. The Morgan fingerprint density at radius 2 is 2.20 bits per heavy atom. The van der Waals surface area contributed by atoms with Gasteiger partial charge in [0.15, 0.2) is 0 Å². The third-order valence-corrected chi connectivity index (χ3v) is 2.47. The van der Waals surface area contributed by atoms with Gasteiger partial charge in [0, 0.05) is 24.8 Å². The normalized spacial score (nSPS) is 10.5. The van der Waals surface area contributed by atoms with Crippen LogP contribution in [-0.2, 0) is 13.1 Å². The van der Waals surface area contributed by atoms with Crippen LogP contribution in [0.5, 0.6) is 0 Å². The Kier molecular flexibility index (Phi) is 5.12. The molecule has 1 heterocycles. The number of aryl methyl sites for hydroxylation is 1. The maximum atomic E-state index is 11.9. The fourth-order valence-corrected chi connectivity index (χ4v) is 1.62. The lowest BCUT2D eigenvalue weighted by molar-refractivity contribution is 0.582. The largest absolute Gasteiger partial charge is 0.315 e. The summed E-state index contributed by atoms with van der Waals surface area (Å²) in [7, 11) is 1.86. The molecular formula is C12H20N2O. The third kappa shape index (κ3) is 3.51. The minimum absolute atomic E-state index is 0.142. The van der Waals surface area contributed by atoms with Crippen molar-refractivity contribution in [3.63, 3.8) is 0 Å². The Labute approximate surface area is 91.1 Å². The van der Waals surface area contributed by atoms with E-state index in [0.29, 0.717) is 6.54 Å². The molecule has 0 unspecified atom stereocenters. The smallest absolute Gasteiger partial charge is 0.255 e. The second-order valence-corrected chi connectivity index (χ2v) is 3.77. The van der Waals surface area contributed by atoms with Gasteiger partial charge in [-0.3, -0.25) is 4.79 Å². The average molecular weight is 208 g/mol. The van der Waals surface area contributed by atoms with Gasteiger partial charge >= 0.3 is 0 Å². The molecule has 1 rings (SSSR count). The van der Waals surface area contributed by atoms with E-state index in [1.165, 1.54) is 12.8 Å². The first kappa shape index (κ1) is 12.0. The highest BCUT2D eigenvalue weighted by molar-refractivity contribution is 5.09. The molecule has 0 radical (unpaired) electrons. The molecule has 1 aromatic heterocycles. The highest BCUT2D eigenvalue weighted by Crippen LogP contribution is 1.98. The number of hydrogen-bond acceptors (Lipinski definition) is 2. The molecule has 0 fully saturated rings. The highest BCUT2D eigenvalue weighted by atomic mass is 16.1. The van der Waals surface area contributed by atoms with Gasteiger partial charge in [-0.15, -0.1) is 0 Å². The van der Waals surface area contributed by atoms with E-state index in [2.05, 4.69) is 12.2 Å². The van der Waals surface area contributed by atoms with Gasteiger partial charge < -0.3 is 9.88 Å². The predicted molar refractivity (Wildman–Crippen MR) is 63.0 cm³/mol. The summed E-state index contributed by atoms with van der Waals surface area (Å²) in [5, 5.41) is 3.01. The van der Waals surface area contributed by atoms with Crippen LogP contribution in [-0.4, -0.2) is 11.6 Å². The van der Waals surface area contributed by atoms with Gasteiger partial charge in [-0.25, -0.2) is 0 Å². The molecule has 0 aliphatic heterocycles. The molecule has 0 aliphatic carbocycles. The molecular weight excluding hydrogens is 188 g/mol. The van der Waals surface area contributed by atoms with Crippen LogP contribution >= 0.6 is 0 Å². The summed E-state index contributed by atoms with van der Waals surface area (Å²) in [5.41, 5.74) is 0.986. The molecule has 0 spiro atoms. The van der Waals surface area contributed by atoms with Gasteiger partial charge in [-0.05, 0) is 19.5 Å². The van der Waals surface area contributed by atoms with Crippen LogP contribution in [0.4, 0.5) is 0 Å². The van der Waals surface area contributed by atoms with E-state index in [-0.39, 0.29) is 5.56 Å². The molecule has 0 saturated carbocycles. The summed E-state index contributed by atoms with van der Waals surface area (Å²) in [6.07, 6.45) is 5.32. The van der Waals surface area contributed by atoms with E-state index in [0.717, 1.165) is 18.5 Å². The number of hydrogen-bond donors (Lipinski definition) is 1. The van der Waals surface area contributed by atoms with Crippen molar-refractivity contribution in [2.75, 3.05) is 7.05 Å². The zero-order chi connectivity index (χ0) is 11.1. The quantitative estimate of drug-likeness (QED) is 0.723. The van der Waals surface area contributed by atoms with Crippen molar-refractivity contribution in [3.8, 4) is 0 Å². The number of aromatic nitrogens is 1. The molecule has 1 N–H and O–H groups in total. The molecule has 0 aromatic carbocycles. The fourth-order valence-electron chi connectivity index (χ4n) is 1.62. The molecule has 15 heavy (non-hydrogen) atoms. The predicted octanol–water partition coefficient (Wildman–Crippen LogP) is 1.76. The van der Waals surface area contributed by atoms with Crippen molar-refractivity contribution in [2.45, 2.75) is 39.3 Å². The van der Waals surface area contributed by atoms with Gasteiger partial charge in [0.1, 0.15) is 0 Å². The zero-order valence-electron chi connectivity index (χ0n) is 9.62. The molecule has 0 atom stereocenters. The van der Waals surface area contributed by atoms with Crippen LogP contribution in [0.3, 0.4) is 0 Å². The van der Waals surface area contributed by atoms with Gasteiger partial charge in [-0.2, -0.15) is 0 Å². The van der Waals surface area contributed by atoms with Gasteiger partial charge in [0.05, 0.1) is 0 Å². The molecule has 0 aliphatic rings. The Morgan fingerprint density at radius 1 is 1.40 bits per heavy atom. The van der Waals surface area contributed by atoms with Crippen molar-refractivity contribution in [1.82, 2.24) is 9.88 Å². The summed E-state index contributed by atoms with van der Waals surface area (Å²) >= 11 is 0. The van der Waals surface area contributed by atoms with Crippen LogP contribution in [0.25, 0.3) is 0 Å². The topological polar surface area (TPSA) is 34.0 Å². The Morgan fingerprint density at radius 3 is 2.87 bits per heavy atom. The Bertz CT molecular complexity index is 344. The van der Waals surface area contributed by atoms with Crippen molar-refractivity contribution < 1.29 is 0 Å². The highest BCUT2D eigenvalue weighted by Gasteiger charge is 2.01. The van der Waals surface area contributed by atoms with Crippen LogP contribution < -0.4 is 10.9 Å². The fraction of sp³-hybridized carbons (Fsp3) is 0.583. The number of pyridine rings is 1. The second kappa shape index (κ2) is 6.40. The van der Waals surface area contributed by atoms with Crippen LogP contribution in [0.2, 0.25) is 0 Å². The lowest BCUT2D eigenvalue weighted by Crippen LogP contribution is -2.25. The van der Waals surface area contributed by atoms with Crippen LogP contribution in [0.1, 0.15) is 31.7 Å². The lowest BCUT2D eigenvalue weighted by atomic mass is 10.2. The Balaban J connectivity index is 2.71. The molecule has 3 heteroatoms. The van der Waals surface area contributed by atoms with E-state index in [1.54, 1.807) is 0 Å². The summed E-state index contributed by atoms with van der Waals surface area (Å²) in [5.74, 6) is 0. The molecule has 3 nitrogen and oxygen atoms in total. The number of nitrogens with zero attached hydrogens (tertiary/aromatic N) is 1. The maximum Gasteiger partial charge on any atom is 0.255 e. The molecule has 84 valence electrons. The number of rotatable bonds is 6. The molecule has 0 bridgehead atoms. The van der Waals surface area contributed by atoms with Crippen LogP contribution in [0, 0.1) is 0 Å². The monoisotopic (exact) mass is 208 g/mol. The van der Waals surface area contributed by atoms with E-state index in [4.69, 9.17) is 0 Å². The van der Waals surface area contributed by atoms with Gasteiger partial charge in [-0.1, -0.05) is 25.8 Å². The number of unbranched alkanes of at least 4 members (excludes halogenated alkanes) is 2. The van der Waals surface area contributed by atoms with Crippen molar-refractivity contribution in [1.29, 1.82) is 0 Å².